The van der Waals surface area contributed by atoms with E-state index in [-0.39, 0.29) is 11.7 Å². The number of nitrogens with two attached hydrogens (primary N) is 1. The summed E-state index contributed by atoms with van der Waals surface area (Å²) in [7, 11) is 0. The van der Waals surface area contributed by atoms with Gasteiger partial charge in [-0.3, -0.25) is 4.79 Å². The van der Waals surface area contributed by atoms with Crippen molar-refractivity contribution < 1.29 is 9.53 Å². The lowest BCUT2D eigenvalue weighted by Crippen LogP contribution is -2.24. The van der Waals surface area contributed by atoms with Crippen LogP contribution >= 0.6 is 0 Å². The lowest BCUT2D eigenvalue weighted by atomic mass is 10.2. The maximum atomic E-state index is 12.3. The van der Waals surface area contributed by atoms with Crippen molar-refractivity contribution in [2.75, 3.05) is 12.3 Å². The maximum absolute atomic E-state index is 12.3. The van der Waals surface area contributed by atoms with E-state index in [4.69, 9.17) is 10.5 Å². The molecule has 138 valence electrons. The van der Waals surface area contributed by atoms with E-state index >= 15 is 0 Å². The molecule has 0 saturated carbocycles. The van der Waals surface area contributed by atoms with Crippen LogP contribution in [0.3, 0.4) is 0 Å². The van der Waals surface area contributed by atoms with Gasteiger partial charge < -0.3 is 15.8 Å². The molecule has 0 saturated heterocycles. The number of ether oxygens (including phenoxy) is 1. The van der Waals surface area contributed by atoms with Crippen LogP contribution in [0.2, 0.25) is 0 Å². The van der Waals surface area contributed by atoms with Gasteiger partial charge in [0.25, 0.3) is 5.91 Å². The van der Waals surface area contributed by atoms with Gasteiger partial charge in [-0.15, -0.1) is 0 Å². The van der Waals surface area contributed by atoms with E-state index in [0.717, 1.165) is 23.4 Å². The van der Waals surface area contributed by atoms with Crippen LogP contribution in [0.25, 0.3) is 0 Å². The second-order valence-electron chi connectivity index (χ2n) is 6.14. The molecule has 0 unspecified atom stereocenters. The quantitative estimate of drug-likeness (QED) is 0.527. The summed E-state index contributed by atoms with van der Waals surface area (Å²) in [6, 6.07) is 11.2. The summed E-state index contributed by atoms with van der Waals surface area (Å²) in [5, 5.41) is 2.86. The largest absolute Gasteiger partial charge is 0.490 e. The summed E-state index contributed by atoms with van der Waals surface area (Å²) in [5.74, 6) is 0.794. The highest BCUT2D eigenvalue weighted by molar-refractivity contribution is 5.98. The minimum atomic E-state index is -0.236. The van der Waals surface area contributed by atoms with Crippen LogP contribution in [-0.2, 0) is 6.54 Å². The Hall–Kier alpha value is -2.82. The number of rotatable bonds is 9. The summed E-state index contributed by atoms with van der Waals surface area (Å²) in [6.07, 6.45) is 7.67. The van der Waals surface area contributed by atoms with Crippen LogP contribution in [0.5, 0.6) is 5.75 Å². The number of benzene rings is 1. The molecular formula is C21H27N3O2. The second kappa shape index (κ2) is 10.2. The molecule has 1 heterocycles. The lowest BCUT2D eigenvalue weighted by molar-refractivity contribution is 0.0951. The van der Waals surface area contributed by atoms with Crippen molar-refractivity contribution >= 4 is 11.7 Å². The normalized spacial score (nSPS) is 10.8. The van der Waals surface area contributed by atoms with Crippen molar-refractivity contribution in [1.82, 2.24) is 10.3 Å². The number of aromatic nitrogens is 1. The Morgan fingerprint density at radius 3 is 2.88 bits per heavy atom. The molecule has 0 fully saturated rings. The zero-order valence-electron chi connectivity index (χ0n) is 15.5. The minimum Gasteiger partial charge on any atom is -0.490 e. The highest BCUT2D eigenvalue weighted by Crippen LogP contribution is 2.14. The van der Waals surface area contributed by atoms with Crippen LogP contribution < -0.4 is 15.8 Å². The summed E-state index contributed by atoms with van der Waals surface area (Å²) in [5.41, 5.74) is 7.95. The van der Waals surface area contributed by atoms with Gasteiger partial charge in [0, 0.05) is 12.2 Å². The first kappa shape index (κ1) is 19.5. The van der Waals surface area contributed by atoms with Gasteiger partial charge in [0.05, 0.1) is 5.56 Å². The number of allylic oxidation sites excluding steroid dienone is 1. The smallest absolute Gasteiger partial charge is 0.255 e. The van der Waals surface area contributed by atoms with Crippen molar-refractivity contribution in [3.8, 4) is 5.75 Å². The van der Waals surface area contributed by atoms with Crippen molar-refractivity contribution in [2.24, 2.45) is 0 Å². The molecule has 2 aromatic rings. The van der Waals surface area contributed by atoms with Crippen LogP contribution in [0.4, 0.5) is 5.82 Å². The topological polar surface area (TPSA) is 77.2 Å². The van der Waals surface area contributed by atoms with Gasteiger partial charge in [-0.2, -0.15) is 0 Å². The summed E-state index contributed by atoms with van der Waals surface area (Å²) >= 11 is 0. The monoisotopic (exact) mass is 353 g/mol. The molecule has 1 amide bonds. The van der Waals surface area contributed by atoms with E-state index < -0.39 is 0 Å². The first-order valence-electron chi connectivity index (χ1n) is 8.98. The molecule has 0 aliphatic heterocycles. The number of aryl methyl sites for hydroxylation is 1. The standard InChI is InChI=1S/C21H27N3O2/c1-3-4-5-6-7-13-26-18-10-8-9-17(14-18)15-23-21(25)19-12-11-16(2)24-20(19)22/h6-12,14H,3-5,13,15H2,1-2H3,(H2,22,24)(H,23,25)/b7-6+. The van der Waals surface area contributed by atoms with E-state index in [2.05, 4.69) is 23.3 Å². The van der Waals surface area contributed by atoms with Crippen LogP contribution in [-0.4, -0.2) is 17.5 Å². The maximum Gasteiger partial charge on any atom is 0.255 e. The third-order valence-corrected chi connectivity index (χ3v) is 3.90. The SMILES string of the molecule is CCCC/C=C/COc1cccc(CNC(=O)c2ccc(C)nc2N)c1. The second-order valence-corrected chi connectivity index (χ2v) is 6.14. The predicted octanol–water partition coefficient (Wildman–Crippen LogP) is 4.03. The number of pyridine rings is 1. The molecule has 2 rings (SSSR count). The molecule has 1 aromatic carbocycles. The fourth-order valence-corrected chi connectivity index (χ4v) is 2.44. The van der Waals surface area contributed by atoms with E-state index in [1.807, 2.05) is 37.3 Å². The molecule has 5 nitrogen and oxygen atoms in total. The molecule has 3 N–H and O–H groups in total. The summed E-state index contributed by atoms with van der Waals surface area (Å²) in [4.78, 5) is 16.4. The van der Waals surface area contributed by atoms with Crippen molar-refractivity contribution in [3.05, 3.63) is 65.4 Å². The fourth-order valence-electron chi connectivity index (χ4n) is 2.44. The third-order valence-electron chi connectivity index (χ3n) is 3.90. The molecule has 26 heavy (non-hydrogen) atoms. The Bertz CT molecular complexity index is 757. The molecule has 0 radical (unpaired) electrons. The average Bonchev–Trinajstić information content (AvgIpc) is 2.63. The number of carbonyl (C=O) groups is 1. The first-order valence-corrected chi connectivity index (χ1v) is 8.98. The molecule has 1 aromatic heterocycles. The van der Waals surface area contributed by atoms with Gasteiger partial charge in [-0.1, -0.05) is 44.1 Å². The predicted molar refractivity (Wildman–Crippen MR) is 105 cm³/mol. The van der Waals surface area contributed by atoms with E-state index in [0.29, 0.717) is 18.7 Å². The Labute approximate surface area is 155 Å². The average molecular weight is 353 g/mol. The Kier molecular flexibility index (Phi) is 7.68. The lowest BCUT2D eigenvalue weighted by Gasteiger charge is -2.09. The van der Waals surface area contributed by atoms with Crippen LogP contribution in [0.15, 0.2) is 48.6 Å². The number of nitrogens with one attached hydrogen (secondary N) is 1. The van der Waals surface area contributed by atoms with Crippen molar-refractivity contribution in [2.45, 2.75) is 39.7 Å². The number of nitrogen functional groups attached to an aromatic ring is 1. The van der Waals surface area contributed by atoms with Gasteiger partial charge in [0.1, 0.15) is 18.2 Å². The van der Waals surface area contributed by atoms with Crippen LogP contribution in [0.1, 0.15) is 47.8 Å². The molecule has 0 spiro atoms. The minimum absolute atomic E-state index is 0.236. The molecule has 0 atom stereocenters. The Morgan fingerprint density at radius 1 is 1.27 bits per heavy atom. The number of anilines is 1. The van der Waals surface area contributed by atoms with E-state index in [9.17, 15) is 4.79 Å². The number of hydrogen-bond donors (Lipinski definition) is 2. The number of unbranched alkanes of at least 4 members (excludes halogenated alkanes) is 2. The number of amides is 1. The Morgan fingerprint density at radius 2 is 2.12 bits per heavy atom. The van der Waals surface area contributed by atoms with Crippen molar-refractivity contribution in [1.29, 1.82) is 0 Å². The van der Waals surface area contributed by atoms with Crippen LogP contribution in [0, 0.1) is 6.92 Å². The van der Waals surface area contributed by atoms with E-state index in [1.165, 1.54) is 12.8 Å². The number of carbonyl (C=O) groups excluding carboxylic acids is 1. The van der Waals surface area contributed by atoms with Gasteiger partial charge in [0.2, 0.25) is 0 Å². The molecule has 0 bridgehead atoms. The molecular weight excluding hydrogens is 326 g/mol. The fraction of sp³-hybridized carbons (Fsp3) is 0.333. The highest BCUT2D eigenvalue weighted by Gasteiger charge is 2.10. The molecule has 0 aliphatic rings. The number of nitrogens with zero attached hydrogens (tertiary/aromatic N) is 1. The zero-order valence-corrected chi connectivity index (χ0v) is 15.5. The first-order chi connectivity index (χ1) is 12.6. The van der Waals surface area contributed by atoms with E-state index in [1.54, 1.807) is 12.1 Å². The van der Waals surface area contributed by atoms with Gasteiger partial charge in [-0.25, -0.2) is 4.98 Å². The Balaban J connectivity index is 1.86. The molecule has 5 heteroatoms. The molecule has 0 aliphatic carbocycles. The van der Waals surface area contributed by atoms with Gasteiger partial charge in [-0.05, 0) is 43.2 Å². The van der Waals surface area contributed by atoms with Gasteiger partial charge in [0.15, 0.2) is 0 Å². The summed E-state index contributed by atoms with van der Waals surface area (Å²) in [6.45, 7) is 4.96. The zero-order chi connectivity index (χ0) is 18.8. The van der Waals surface area contributed by atoms with Crippen molar-refractivity contribution in [3.63, 3.8) is 0 Å². The van der Waals surface area contributed by atoms with Gasteiger partial charge >= 0.3 is 0 Å². The number of hydrogen-bond acceptors (Lipinski definition) is 4. The third kappa shape index (κ3) is 6.24. The summed E-state index contributed by atoms with van der Waals surface area (Å²) < 4.78 is 5.72. The highest BCUT2D eigenvalue weighted by atomic mass is 16.5.